The average Bonchev–Trinajstić information content (AvgIpc) is 3.03. The summed E-state index contributed by atoms with van der Waals surface area (Å²) < 4.78 is 11.4. The van der Waals surface area contributed by atoms with Crippen molar-refractivity contribution in [2.24, 2.45) is 0 Å². The smallest absolute Gasteiger partial charge is 0.290 e. The Labute approximate surface area is 178 Å². The van der Waals surface area contributed by atoms with Crippen LogP contribution in [0, 0.1) is 10.1 Å². The largest absolute Gasteiger partial charge is 0.450 e. The Morgan fingerprint density at radius 3 is 2.52 bits per heavy atom. The molecule has 0 N–H and O–H groups in total. The summed E-state index contributed by atoms with van der Waals surface area (Å²) in [6.07, 6.45) is 0.653. The van der Waals surface area contributed by atoms with Crippen molar-refractivity contribution in [3.05, 3.63) is 85.8 Å². The lowest BCUT2D eigenvalue weighted by molar-refractivity contribution is -0.384. The molecule has 0 radical (unpaired) electrons. The Kier molecular flexibility index (Phi) is 5.56. The van der Waals surface area contributed by atoms with E-state index in [-0.39, 0.29) is 34.5 Å². The predicted octanol–water partition coefficient (Wildman–Crippen LogP) is 4.06. The summed E-state index contributed by atoms with van der Waals surface area (Å²) in [6.45, 7) is 4.69. The summed E-state index contributed by atoms with van der Waals surface area (Å²) in [4.78, 5) is 38.7. The van der Waals surface area contributed by atoms with E-state index in [0.29, 0.717) is 36.1 Å². The van der Waals surface area contributed by atoms with Crippen LogP contribution in [0.4, 0.5) is 5.69 Å². The molecule has 1 aliphatic rings. The standard InChI is InChI=1S/C23H22N2O6/c1-14(2)30-13-5-12-24-20(15-8-10-16(11-9-15)25(28)29)19-21(26)17-6-3-4-7-18(17)31-22(19)23(24)27/h3-4,6-11,14,20H,5,12-13H2,1-2H3/t20-/m1/s1. The molecule has 0 bridgehead atoms. The van der Waals surface area contributed by atoms with Crippen LogP contribution in [-0.4, -0.2) is 35.0 Å². The zero-order chi connectivity index (χ0) is 22.1. The molecule has 160 valence electrons. The molecule has 2 aromatic carbocycles. The minimum Gasteiger partial charge on any atom is -0.450 e. The van der Waals surface area contributed by atoms with Gasteiger partial charge in [-0.3, -0.25) is 19.7 Å². The Hall–Kier alpha value is -3.52. The molecule has 0 saturated heterocycles. The van der Waals surface area contributed by atoms with Gasteiger partial charge in [0, 0.05) is 25.3 Å². The van der Waals surface area contributed by atoms with Gasteiger partial charge in [0.25, 0.3) is 11.6 Å². The van der Waals surface area contributed by atoms with E-state index in [1.807, 2.05) is 13.8 Å². The molecule has 2 heterocycles. The third kappa shape index (κ3) is 3.82. The van der Waals surface area contributed by atoms with Crippen molar-refractivity contribution in [1.29, 1.82) is 0 Å². The third-order valence-corrected chi connectivity index (χ3v) is 5.29. The summed E-state index contributed by atoms with van der Waals surface area (Å²) in [5.74, 6) is -0.345. The molecule has 31 heavy (non-hydrogen) atoms. The lowest BCUT2D eigenvalue weighted by atomic mass is 9.98. The van der Waals surface area contributed by atoms with Gasteiger partial charge < -0.3 is 14.1 Å². The number of non-ortho nitro benzene ring substituents is 1. The summed E-state index contributed by atoms with van der Waals surface area (Å²) >= 11 is 0. The van der Waals surface area contributed by atoms with E-state index < -0.39 is 11.0 Å². The Morgan fingerprint density at radius 2 is 1.84 bits per heavy atom. The summed E-state index contributed by atoms with van der Waals surface area (Å²) in [5, 5.41) is 11.4. The maximum atomic E-state index is 13.3. The summed E-state index contributed by atoms with van der Waals surface area (Å²) in [7, 11) is 0. The van der Waals surface area contributed by atoms with Crippen LogP contribution in [0.3, 0.4) is 0 Å². The van der Waals surface area contributed by atoms with Crippen LogP contribution in [0.25, 0.3) is 11.0 Å². The summed E-state index contributed by atoms with van der Waals surface area (Å²) in [6, 6.07) is 12.0. The fourth-order valence-corrected chi connectivity index (χ4v) is 3.88. The van der Waals surface area contributed by atoms with E-state index >= 15 is 0 Å². The highest BCUT2D eigenvalue weighted by Crippen LogP contribution is 2.38. The molecule has 1 aromatic heterocycles. The lowest BCUT2D eigenvalue weighted by Crippen LogP contribution is -2.31. The number of benzene rings is 2. The molecule has 1 aliphatic heterocycles. The molecule has 0 unspecified atom stereocenters. The number of nitro groups is 1. The topological polar surface area (TPSA) is 103 Å². The Bertz CT molecular complexity index is 1200. The monoisotopic (exact) mass is 422 g/mol. The minimum atomic E-state index is -0.678. The second-order valence-electron chi connectivity index (χ2n) is 7.69. The average molecular weight is 422 g/mol. The fraction of sp³-hybridized carbons (Fsp3) is 0.304. The number of fused-ring (bicyclic) bond motifs is 2. The fourth-order valence-electron chi connectivity index (χ4n) is 3.88. The van der Waals surface area contributed by atoms with E-state index in [2.05, 4.69) is 0 Å². The van der Waals surface area contributed by atoms with E-state index in [1.165, 1.54) is 12.1 Å². The maximum absolute atomic E-state index is 13.3. The van der Waals surface area contributed by atoms with Gasteiger partial charge in [0.2, 0.25) is 5.76 Å². The molecule has 1 amide bonds. The van der Waals surface area contributed by atoms with Crippen LogP contribution in [0.2, 0.25) is 0 Å². The number of hydrogen-bond donors (Lipinski definition) is 0. The minimum absolute atomic E-state index is 0.0248. The van der Waals surface area contributed by atoms with Crippen LogP contribution < -0.4 is 5.43 Å². The van der Waals surface area contributed by atoms with Crippen molar-refractivity contribution in [2.75, 3.05) is 13.2 Å². The third-order valence-electron chi connectivity index (χ3n) is 5.29. The predicted molar refractivity (Wildman–Crippen MR) is 114 cm³/mol. The van der Waals surface area contributed by atoms with Gasteiger partial charge in [-0.25, -0.2) is 0 Å². The highest BCUT2D eigenvalue weighted by molar-refractivity contribution is 5.99. The van der Waals surface area contributed by atoms with Gasteiger partial charge in [0.1, 0.15) is 5.58 Å². The number of nitrogens with zero attached hydrogens (tertiary/aromatic N) is 2. The molecular formula is C23H22N2O6. The van der Waals surface area contributed by atoms with Crippen LogP contribution in [0.5, 0.6) is 0 Å². The molecule has 8 nitrogen and oxygen atoms in total. The number of rotatable bonds is 7. The highest BCUT2D eigenvalue weighted by Gasteiger charge is 2.42. The SMILES string of the molecule is CC(C)OCCCN1C(=O)c2oc3ccccc3c(=O)c2[C@H]1c1ccc([N+](=O)[O-])cc1. The molecule has 4 rings (SSSR count). The van der Waals surface area contributed by atoms with Gasteiger partial charge in [-0.15, -0.1) is 0 Å². The molecule has 0 saturated carbocycles. The zero-order valence-corrected chi connectivity index (χ0v) is 17.2. The second kappa shape index (κ2) is 8.31. The van der Waals surface area contributed by atoms with Gasteiger partial charge in [0.05, 0.1) is 28.0 Å². The zero-order valence-electron chi connectivity index (χ0n) is 17.2. The number of carbonyl (C=O) groups is 1. The molecule has 0 aliphatic carbocycles. The highest BCUT2D eigenvalue weighted by atomic mass is 16.6. The summed E-state index contributed by atoms with van der Waals surface area (Å²) in [5.41, 5.74) is 0.907. The maximum Gasteiger partial charge on any atom is 0.290 e. The molecule has 0 fully saturated rings. The van der Waals surface area contributed by atoms with Crippen LogP contribution >= 0.6 is 0 Å². The number of nitro benzene ring substituents is 1. The molecule has 1 atom stereocenters. The van der Waals surface area contributed by atoms with E-state index in [1.54, 1.807) is 41.3 Å². The number of carbonyl (C=O) groups excluding carboxylic acids is 1. The van der Waals surface area contributed by atoms with Crippen molar-refractivity contribution >= 4 is 22.6 Å². The molecule has 3 aromatic rings. The van der Waals surface area contributed by atoms with Crippen molar-refractivity contribution in [2.45, 2.75) is 32.4 Å². The lowest BCUT2D eigenvalue weighted by Gasteiger charge is -2.25. The van der Waals surface area contributed by atoms with E-state index in [0.717, 1.165) is 0 Å². The first-order chi connectivity index (χ1) is 14.9. The van der Waals surface area contributed by atoms with Crippen LogP contribution in [0.1, 0.15) is 48.0 Å². The normalized spacial score (nSPS) is 15.6. The first-order valence-electron chi connectivity index (χ1n) is 10.1. The molecule has 8 heteroatoms. The first-order valence-corrected chi connectivity index (χ1v) is 10.1. The number of para-hydroxylation sites is 1. The first kappa shape index (κ1) is 20.7. The van der Waals surface area contributed by atoms with Crippen molar-refractivity contribution in [3.8, 4) is 0 Å². The number of ether oxygens (including phenoxy) is 1. The van der Waals surface area contributed by atoms with Gasteiger partial charge in [0.15, 0.2) is 5.43 Å². The van der Waals surface area contributed by atoms with Gasteiger partial charge >= 0.3 is 0 Å². The Morgan fingerprint density at radius 1 is 1.13 bits per heavy atom. The second-order valence-corrected chi connectivity index (χ2v) is 7.69. The molecular weight excluding hydrogens is 400 g/mol. The van der Waals surface area contributed by atoms with Crippen molar-refractivity contribution < 1.29 is 18.9 Å². The van der Waals surface area contributed by atoms with Gasteiger partial charge in [-0.1, -0.05) is 12.1 Å². The van der Waals surface area contributed by atoms with E-state index in [4.69, 9.17) is 9.15 Å². The van der Waals surface area contributed by atoms with Crippen LogP contribution in [-0.2, 0) is 4.74 Å². The van der Waals surface area contributed by atoms with Gasteiger partial charge in [-0.05, 0) is 50.1 Å². The number of amides is 1. The quantitative estimate of drug-likeness (QED) is 0.323. The Balaban J connectivity index is 1.79. The number of hydrogen-bond acceptors (Lipinski definition) is 6. The van der Waals surface area contributed by atoms with Crippen molar-refractivity contribution in [1.82, 2.24) is 4.90 Å². The van der Waals surface area contributed by atoms with E-state index in [9.17, 15) is 19.7 Å². The van der Waals surface area contributed by atoms with Crippen molar-refractivity contribution in [3.63, 3.8) is 0 Å². The van der Waals surface area contributed by atoms with Crippen LogP contribution in [0.15, 0.2) is 57.7 Å². The van der Waals surface area contributed by atoms with Gasteiger partial charge in [-0.2, -0.15) is 0 Å². The molecule has 0 spiro atoms.